The van der Waals surface area contributed by atoms with Crippen LogP contribution in [0.1, 0.15) is 31.8 Å². The molecule has 0 saturated carbocycles. The van der Waals surface area contributed by atoms with Gasteiger partial charge in [-0.15, -0.1) is 0 Å². The molecule has 38 heavy (non-hydrogen) atoms. The smallest absolute Gasteiger partial charge is 0.397 e. The number of rotatable bonds is 6. The number of carbonyl (C=O) groups is 2. The van der Waals surface area contributed by atoms with E-state index < -0.39 is 17.6 Å². The van der Waals surface area contributed by atoms with Gasteiger partial charge in [-0.1, -0.05) is 30.3 Å². The maximum atomic E-state index is 13.3. The number of hydrogen-bond donors (Lipinski definition) is 4. The quantitative estimate of drug-likeness (QED) is 0.155. The molecule has 0 bridgehead atoms. The molecule has 0 spiro atoms. The lowest BCUT2D eigenvalue weighted by molar-refractivity contribution is -0.137. The third kappa shape index (κ3) is 5.05. The molecule has 190 valence electrons. The highest BCUT2D eigenvalue weighted by Gasteiger charge is 2.31. The number of para-hydroxylation sites is 2. The minimum atomic E-state index is -4.57. The van der Waals surface area contributed by atoms with Gasteiger partial charge in [-0.25, -0.2) is 4.98 Å². The number of nitrogens with one attached hydrogen (secondary N) is 3. The molecule has 0 fully saturated rings. The van der Waals surface area contributed by atoms with E-state index in [0.717, 1.165) is 12.1 Å². The van der Waals surface area contributed by atoms with Crippen molar-refractivity contribution in [3.05, 3.63) is 113 Å². The molecule has 3 aromatic carbocycles. The molecule has 0 aliphatic rings. The van der Waals surface area contributed by atoms with Crippen LogP contribution in [0.3, 0.4) is 0 Å². The first-order valence-electron chi connectivity index (χ1n) is 11.4. The minimum absolute atomic E-state index is 0.152. The fraction of sp³-hybridized carbons (Fsp3) is 0.0357. The molecule has 0 aliphatic heterocycles. The molecule has 2 heterocycles. The zero-order valence-electron chi connectivity index (χ0n) is 19.6. The van der Waals surface area contributed by atoms with Gasteiger partial charge in [0.15, 0.2) is 5.78 Å². The number of H-pyrrole nitrogens is 1. The third-order valence-corrected chi connectivity index (χ3v) is 5.84. The molecular weight excluding hydrogens is 495 g/mol. The molecular formula is C28H20F3N5O2. The fourth-order valence-electron chi connectivity index (χ4n) is 3.94. The van der Waals surface area contributed by atoms with Crippen molar-refractivity contribution in [3.8, 4) is 0 Å². The predicted molar refractivity (Wildman–Crippen MR) is 140 cm³/mol. The number of amides is 1. The van der Waals surface area contributed by atoms with Gasteiger partial charge in [-0.2, -0.15) is 13.2 Å². The van der Waals surface area contributed by atoms with E-state index in [0.29, 0.717) is 33.8 Å². The molecule has 5 rings (SSSR count). The molecule has 5 aromatic rings. The lowest BCUT2D eigenvalue weighted by atomic mass is 10.0. The second-order valence-electron chi connectivity index (χ2n) is 8.45. The summed E-state index contributed by atoms with van der Waals surface area (Å²) in [7, 11) is 0. The number of nitrogens with two attached hydrogens (primary N) is 1. The van der Waals surface area contributed by atoms with Crippen LogP contribution in [0.15, 0.2) is 91.1 Å². The second kappa shape index (κ2) is 9.74. The number of halogens is 3. The number of hydrogen-bond acceptors (Lipinski definition) is 5. The van der Waals surface area contributed by atoms with Crippen LogP contribution in [0, 0.1) is 0 Å². The maximum Gasteiger partial charge on any atom is 0.416 e. The van der Waals surface area contributed by atoms with Crippen molar-refractivity contribution in [2.45, 2.75) is 6.18 Å². The topological polar surface area (TPSA) is 113 Å². The number of aromatic amines is 1. The average Bonchev–Trinajstić information content (AvgIpc) is 3.32. The number of alkyl halides is 3. The third-order valence-electron chi connectivity index (χ3n) is 5.84. The van der Waals surface area contributed by atoms with E-state index in [1.54, 1.807) is 42.6 Å². The predicted octanol–water partition coefficient (Wildman–Crippen LogP) is 6.39. The molecule has 0 aliphatic carbocycles. The minimum Gasteiger partial charge on any atom is -0.397 e. The summed E-state index contributed by atoms with van der Waals surface area (Å²) < 4.78 is 39.0. The van der Waals surface area contributed by atoms with Crippen LogP contribution in [-0.2, 0) is 6.18 Å². The van der Waals surface area contributed by atoms with Crippen molar-refractivity contribution < 1.29 is 22.8 Å². The monoisotopic (exact) mass is 515 g/mol. The highest BCUT2D eigenvalue weighted by Crippen LogP contribution is 2.30. The van der Waals surface area contributed by atoms with Crippen LogP contribution in [0.4, 0.5) is 36.1 Å². The molecule has 1 amide bonds. The Morgan fingerprint density at radius 1 is 0.868 bits per heavy atom. The van der Waals surface area contributed by atoms with Crippen molar-refractivity contribution in [2.75, 3.05) is 16.4 Å². The summed E-state index contributed by atoms with van der Waals surface area (Å²) in [6.45, 7) is 0. The summed E-state index contributed by atoms with van der Waals surface area (Å²) in [5.74, 6) is -0.507. The van der Waals surface area contributed by atoms with E-state index in [-0.39, 0.29) is 22.6 Å². The van der Waals surface area contributed by atoms with Gasteiger partial charge in [0, 0.05) is 34.0 Å². The van der Waals surface area contributed by atoms with E-state index in [9.17, 15) is 22.8 Å². The van der Waals surface area contributed by atoms with Crippen LogP contribution in [0.25, 0.3) is 11.0 Å². The van der Waals surface area contributed by atoms with Crippen molar-refractivity contribution in [3.63, 3.8) is 0 Å². The zero-order chi connectivity index (χ0) is 26.9. The standard InChI is InChI=1S/C28H20F3N5O2/c29-28(30,31)18-7-3-6-17(13-18)27(38)34-19-8-4-5-16(14-19)25(37)21-15-33-26-20(21)11-12-24(36-26)35-23-10-2-1-9-22(23)32/h1-15H,32H2,(H,34,38)(H2,33,35,36). The van der Waals surface area contributed by atoms with Gasteiger partial charge >= 0.3 is 6.18 Å². The van der Waals surface area contributed by atoms with Gasteiger partial charge in [0.25, 0.3) is 5.91 Å². The van der Waals surface area contributed by atoms with Gasteiger partial charge in [0.2, 0.25) is 0 Å². The lowest BCUT2D eigenvalue weighted by Crippen LogP contribution is -2.14. The van der Waals surface area contributed by atoms with E-state index in [4.69, 9.17) is 5.73 Å². The summed E-state index contributed by atoms with van der Waals surface area (Å²) in [6, 6.07) is 21.0. The van der Waals surface area contributed by atoms with E-state index in [1.165, 1.54) is 18.2 Å². The SMILES string of the molecule is Nc1ccccc1Nc1ccc2c(C(=O)c3cccc(NC(=O)c4cccc(C(F)(F)F)c4)c3)c[nH]c2n1. The molecule has 0 atom stereocenters. The highest BCUT2D eigenvalue weighted by atomic mass is 19.4. The zero-order valence-corrected chi connectivity index (χ0v) is 19.6. The van der Waals surface area contributed by atoms with Crippen molar-refractivity contribution in [1.82, 2.24) is 9.97 Å². The number of pyridine rings is 1. The lowest BCUT2D eigenvalue weighted by Gasteiger charge is -2.10. The van der Waals surface area contributed by atoms with Gasteiger partial charge in [0.05, 0.1) is 16.9 Å². The molecule has 10 heteroatoms. The fourth-order valence-corrected chi connectivity index (χ4v) is 3.94. The Kier molecular flexibility index (Phi) is 6.29. The van der Waals surface area contributed by atoms with Crippen molar-refractivity contribution in [1.29, 1.82) is 0 Å². The Bertz CT molecular complexity index is 1680. The number of fused-ring (bicyclic) bond motifs is 1. The molecule has 0 unspecified atom stereocenters. The number of nitrogen functional groups attached to an aromatic ring is 1. The first-order valence-corrected chi connectivity index (χ1v) is 11.4. The van der Waals surface area contributed by atoms with E-state index >= 15 is 0 Å². The maximum absolute atomic E-state index is 13.3. The number of benzene rings is 3. The Morgan fingerprint density at radius 3 is 2.42 bits per heavy atom. The summed E-state index contributed by atoms with van der Waals surface area (Å²) in [4.78, 5) is 33.4. The van der Waals surface area contributed by atoms with Crippen molar-refractivity contribution >= 4 is 45.6 Å². The normalized spacial score (nSPS) is 11.3. The Balaban J connectivity index is 1.35. The van der Waals surface area contributed by atoms with Crippen LogP contribution in [0.5, 0.6) is 0 Å². The Hall–Kier alpha value is -5.12. The van der Waals surface area contributed by atoms with Crippen LogP contribution >= 0.6 is 0 Å². The largest absolute Gasteiger partial charge is 0.416 e. The average molecular weight is 515 g/mol. The summed E-state index contributed by atoms with van der Waals surface area (Å²) in [6.07, 6.45) is -3.02. The first-order chi connectivity index (χ1) is 18.2. The summed E-state index contributed by atoms with van der Waals surface area (Å²) in [5.41, 5.74) is 7.58. The van der Waals surface area contributed by atoms with Gasteiger partial charge in [-0.05, 0) is 54.6 Å². The Labute approximate surface area is 214 Å². The van der Waals surface area contributed by atoms with Gasteiger partial charge < -0.3 is 21.4 Å². The van der Waals surface area contributed by atoms with Crippen LogP contribution in [-0.4, -0.2) is 21.7 Å². The van der Waals surface area contributed by atoms with Gasteiger partial charge in [0.1, 0.15) is 11.5 Å². The molecule has 0 radical (unpaired) electrons. The van der Waals surface area contributed by atoms with Crippen LogP contribution in [0.2, 0.25) is 0 Å². The van der Waals surface area contributed by atoms with E-state index in [2.05, 4.69) is 20.6 Å². The molecule has 0 saturated heterocycles. The number of carbonyl (C=O) groups excluding carboxylic acids is 2. The van der Waals surface area contributed by atoms with Gasteiger partial charge in [-0.3, -0.25) is 9.59 Å². The van der Waals surface area contributed by atoms with Crippen molar-refractivity contribution in [2.24, 2.45) is 0 Å². The highest BCUT2D eigenvalue weighted by molar-refractivity contribution is 6.16. The first kappa shape index (κ1) is 24.6. The second-order valence-corrected chi connectivity index (χ2v) is 8.45. The molecule has 5 N–H and O–H groups in total. The Morgan fingerprint density at radius 2 is 1.63 bits per heavy atom. The number of aromatic nitrogens is 2. The summed E-state index contributed by atoms with van der Waals surface area (Å²) >= 11 is 0. The van der Waals surface area contributed by atoms with E-state index in [1.807, 2.05) is 18.2 Å². The number of ketones is 1. The summed E-state index contributed by atoms with van der Waals surface area (Å²) in [5, 5.41) is 6.29. The molecule has 2 aromatic heterocycles. The number of nitrogens with zero attached hydrogens (tertiary/aromatic N) is 1. The van der Waals surface area contributed by atoms with Crippen LogP contribution < -0.4 is 16.4 Å². The molecule has 7 nitrogen and oxygen atoms in total. The number of anilines is 4.